The number of aliphatic carboxylic acids is 2. The lowest BCUT2D eigenvalue weighted by molar-refractivity contribution is -0.171. The molecule has 0 radical (unpaired) electrons. The first-order valence-electron chi connectivity index (χ1n) is 12.4. The van der Waals surface area contributed by atoms with Crippen molar-refractivity contribution in [1.82, 2.24) is 0 Å². The van der Waals surface area contributed by atoms with Crippen LogP contribution in [0.25, 0.3) is 0 Å². The lowest BCUT2D eigenvalue weighted by atomic mass is 9.55. The number of fused-ring (bicyclic) bond motifs is 4. The van der Waals surface area contributed by atoms with Gasteiger partial charge in [-0.15, -0.1) is 0 Å². The van der Waals surface area contributed by atoms with Crippen molar-refractivity contribution < 1.29 is 43.6 Å². The molecular formula is C25H34O9. The van der Waals surface area contributed by atoms with Crippen molar-refractivity contribution in [3.8, 4) is 0 Å². The van der Waals surface area contributed by atoms with Gasteiger partial charge in [0.15, 0.2) is 6.29 Å². The summed E-state index contributed by atoms with van der Waals surface area (Å²) in [5, 5.41) is 19.9. The number of carbonyl (C=O) groups excluding carboxylic acids is 2. The molecule has 5 fully saturated rings. The third kappa shape index (κ3) is 3.11. The summed E-state index contributed by atoms with van der Waals surface area (Å²) in [7, 11) is 3.22. The summed E-state index contributed by atoms with van der Waals surface area (Å²) in [5.41, 5.74) is 0. The molecule has 0 aromatic rings. The van der Waals surface area contributed by atoms with Gasteiger partial charge in [0.2, 0.25) is 0 Å². The van der Waals surface area contributed by atoms with E-state index in [0.29, 0.717) is 6.42 Å². The first-order chi connectivity index (χ1) is 16.1. The summed E-state index contributed by atoms with van der Waals surface area (Å²) >= 11 is 0. The van der Waals surface area contributed by atoms with Crippen LogP contribution in [0.5, 0.6) is 0 Å². The fraction of sp³-hybridized carbons (Fsp3) is 0.840. The summed E-state index contributed by atoms with van der Waals surface area (Å²) in [6.07, 6.45) is 1.86. The summed E-state index contributed by atoms with van der Waals surface area (Å²) in [6.45, 7) is 3.80. The number of hydrogen-bond acceptors (Lipinski definition) is 7. The Morgan fingerprint density at radius 1 is 0.853 bits per heavy atom. The van der Waals surface area contributed by atoms with Gasteiger partial charge in [-0.1, -0.05) is 13.8 Å². The van der Waals surface area contributed by atoms with Crippen molar-refractivity contribution in [2.24, 2.45) is 76.9 Å². The zero-order chi connectivity index (χ0) is 24.6. The maximum atomic E-state index is 12.8. The Labute approximate surface area is 198 Å². The van der Waals surface area contributed by atoms with Crippen molar-refractivity contribution in [2.45, 2.75) is 39.4 Å². The van der Waals surface area contributed by atoms with Gasteiger partial charge in [-0.05, 0) is 66.6 Å². The van der Waals surface area contributed by atoms with E-state index in [-0.39, 0.29) is 53.3 Å². The Morgan fingerprint density at radius 3 is 2.00 bits per heavy atom. The van der Waals surface area contributed by atoms with E-state index in [2.05, 4.69) is 0 Å². The second kappa shape index (κ2) is 8.29. The fourth-order valence-corrected chi connectivity index (χ4v) is 9.50. The Kier molecular flexibility index (Phi) is 5.79. The third-order valence-electron chi connectivity index (χ3n) is 10.4. The zero-order valence-corrected chi connectivity index (χ0v) is 20.0. The van der Waals surface area contributed by atoms with Crippen LogP contribution in [0.15, 0.2) is 0 Å². The highest BCUT2D eigenvalue weighted by Gasteiger charge is 2.69. The van der Waals surface area contributed by atoms with Gasteiger partial charge in [-0.25, -0.2) is 0 Å². The quantitative estimate of drug-likeness (QED) is 0.320. The van der Waals surface area contributed by atoms with E-state index in [4.69, 9.17) is 14.2 Å². The Bertz CT molecular complexity index is 897. The molecule has 1 aliphatic heterocycles. The second-order valence-corrected chi connectivity index (χ2v) is 11.3. The number of carbonyl (C=O) groups is 4. The van der Waals surface area contributed by atoms with Gasteiger partial charge < -0.3 is 24.4 Å². The fourth-order valence-electron chi connectivity index (χ4n) is 9.50. The molecule has 0 aromatic carbocycles. The molecule has 4 aliphatic carbocycles. The van der Waals surface area contributed by atoms with Gasteiger partial charge in [0.1, 0.15) is 0 Å². The van der Waals surface area contributed by atoms with E-state index in [1.807, 2.05) is 6.92 Å². The highest BCUT2D eigenvalue weighted by Crippen LogP contribution is 2.69. The van der Waals surface area contributed by atoms with Gasteiger partial charge in [-0.3, -0.25) is 19.2 Å². The maximum absolute atomic E-state index is 12.8. The van der Waals surface area contributed by atoms with Crippen molar-refractivity contribution in [3.63, 3.8) is 0 Å². The maximum Gasteiger partial charge on any atom is 0.317 e. The molecule has 0 spiro atoms. The van der Waals surface area contributed by atoms with Crippen LogP contribution in [-0.2, 0) is 33.4 Å². The van der Waals surface area contributed by atoms with Gasteiger partial charge in [0.25, 0.3) is 0 Å². The smallest absolute Gasteiger partial charge is 0.317 e. The molecule has 2 N–H and O–H groups in total. The first kappa shape index (κ1) is 23.7. The number of carboxylic acids is 2. The SMILES string of the molecule is COC(OC)C1CC2CC1C(C1C(C)C3CC1C(C(=O)O)C3C(=O)O)C2C1C(=O)OC(=O)C1C. The van der Waals surface area contributed by atoms with E-state index in [1.165, 1.54) is 0 Å². The molecule has 9 nitrogen and oxygen atoms in total. The minimum Gasteiger partial charge on any atom is -0.481 e. The Hall–Kier alpha value is -2.00. The average Bonchev–Trinajstić information content (AvgIpc) is 3.55. The van der Waals surface area contributed by atoms with Crippen molar-refractivity contribution >= 4 is 23.9 Å². The number of cyclic esters (lactones) is 2. The lowest BCUT2D eigenvalue weighted by Gasteiger charge is -2.48. The predicted octanol–water partition coefficient (Wildman–Crippen LogP) is 2.13. The van der Waals surface area contributed by atoms with Crippen LogP contribution in [0.1, 0.15) is 33.1 Å². The standard InChI is InChI=1S/C25H34O9/c1-8-11-7-14(20(22(28)29)19(11)21(26)27)15(8)18-12-5-10(6-13(12)25(32-3)33-4)17(18)16-9(2)23(30)34-24(16)31/h8-20,25H,5-7H2,1-4H3,(H,26,27)(H,28,29). The molecule has 1 saturated heterocycles. The van der Waals surface area contributed by atoms with Crippen molar-refractivity contribution in [1.29, 1.82) is 0 Å². The van der Waals surface area contributed by atoms with Gasteiger partial charge in [0, 0.05) is 20.1 Å². The minimum atomic E-state index is -1.05. The van der Waals surface area contributed by atoms with Crippen LogP contribution < -0.4 is 0 Å². The molecule has 5 aliphatic rings. The highest BCUT2D eigenvalue weighted by atomic mass is 16.7. The van der Waals surface area contributed by atoms with Crippen LogP contribution >= 0.6 is 0 Å². The van der Waals surface area contributed by atoms with Crippen LogP contribution in [0.4, 0.5) is 0 Å². The molecular weight excluding hydrogens is 444 g/mol. The molecule has 4 saturated carbocycles. The molecule has 1 heterocycles. The molecule has 0 aromatic heterocycles. The number of hydrogen-bond donors (Lipinski definition) is 2. The van der Waals surface area contributed by atoms with Crippen LogP contribution in [0.2, 0.25) is 0 Å². The normalized spacial score (nSPS) is 49.3. The van der Waals surface area contributed by atoms with E-state index < -0.39 is 53.8 Å². The lowest BCUT2D eigenvalue weighted by Crippen LogP contribution is -2.50. The number of esters is 2. The third-order valence-corrected chi connectivity index (χ3v) is 10.4. The van der Waals surface area contributed by atoms with Gasteiger partial charge in [-0.2, -0.15) is 0 Å². The topological polar surface area (TPSA) is 136 Å². The molecule has 9 heteroatoms. The molecule has 4 bridgehead atoms. The van der Waals surface area contributed by atoms with Crippen LogP contribution in [0.3, 0.4) is 0 Å². The minimum absolute atomic E-state index is 0.0101. The Balaban J connectivity index is 1.55. The summed E-state index contributed by atoms with van der Waals surface area (Å²) in [5.74, 6) is -6.09. The summed E-state index contributed by atoms with van der Waals surface area (Å²) < 4.78 is 16.3. The second-order valence-electron chi connectivity index (χ2n) is 11.3. The molecule has 34 heavy (non-hydrogen) atoms. The van der Waals surface area contributed by atoms with E-state index in [1.54, 1.807) is 21.1 Å². The highest BCUT2D eigenvalue weighted by molar-refractivity contribution is 5.96. The van der Waals surface area contributed by atoms with Crippen molar-refractivity contribution in [2.75, 3.05) is 14.2 Å². The van der Waals surface area contributed by atoms with E-state index in [0.717, 1.165) is 12.8 Å². The summed E-state index contributed by atoms with van der Waals surface area (Å²) in [6, 6.07) is 0. The first-order valence-corrected chi connectivity index (χ1v) is 12.4. The van der Waals surface area contributed by atoms with Gasteiger partial charge >= 0.3 is 23.9 Å². The molecule has 0 amide bonds. The van der Waals surface area contributed by atoms with Crippen LogP contribution in [-0.4, -0.2) is 54.6 Å². The average molecular weight is 479 g/mol. The molecule has 13 unspecified atom stereocenters. The summed E-state index contributed by atoms with van der Waals surface area (Å²) in [4.78, 5) is 49.4. The number of rotatable bonds is 7. The number of carboxylic acid groups (broad SMARTS) is 2. The number of ether oxygens (including phenoxy) is 3. The van der Waals surface area contributed by atoms with E-state index >= 15 is 0 Å². The van der Waals surface area contributed by atoms with Crippen LogP contribution in [0, 0.1) is 76.9 Å². The zero-order valence-electron chi connectivity index (χ0n) is 20.0. The Morgan fingerprint density at radius 2 is 1.47 bits per heavy atom. The number of methoxy groups -OCH3 is 2. The monoisotopic (exact) mass is 478 g/mol. The molecule has 13 atom stereocenters. The molecule has 188 valence electrons. The predicted molar refractivity (Wildman–Crippen MR) is 115 cm³/mol. The molecule has 5 rings (SSSR count). The van der Waals surface area contributed by atoms with E-state index in [9.17, 15) is 29.4 Å². The van der Waals surface area contributed by atoms with Crippen molar-refractivity contribution in [3.05, 3.63) is 0 Å². The van der Waals surface area contributed by atoms with Gasteiger partial charge in [0.05, 0.1) is 23.7 Å². The largest absolute Gasteiger partial charge is 0.481 e.